The van der Waals surface area contributed by atoms with E-state index in [1.165, 1.54) is 6.08 Å². The molecule has 0 N–H and O–H groups in total. The smallest absolute Gasteiger partial charge is 0.335 e. The Balaban J connectivity index is 3.45. The van der Waals surface area contributed by atoms with E-state index in [0.717, 1.165) is 18.0 Å². The molecule has 0 saturated heterocycles. The monoisotopic (exact) mass is 204 g/mol. The maximum absolute atomic E-state index is 10.5. The van der Waals surface area contributed by atoms with Crippen molar-refractivity contribution in [2.75, 3.05) is 5.33 Å². The number of hydrogen-bond donors (Lipinski definition) is 0. The lowest BCUT2D eigenvalue weighted by Crippen LogP contribution is -1.92. The van der Waals surface area contributed by atoms with Crippen LogP contribution < -0.4 is 0 Å². The second-order valence-electron chi connectivity index (χ2n) is 1.48. The van der Waals surface area contributed by atoms with Crippen molar-refractivity contribution in [3.63, 3.8) is 0 Å². The zero-order valence-corrected chi connectivity index (χ0v) is 7.13. The highest BCUT2D eigenvalue weighted by Gasteiger charge is 1.89. The van der Waals surface area contributed by atoms with Crippen LogP contribution in [0.2, 0.25) is 0 Å². The SMILES string of the molecule is C=COC(=O)C=CCCBr. The average molecular weight is 205 g/mol. The highest BCUT2D eigenvalue weighted by molar-refractivity contribution is 9.09. The van der Waals surface area contributed by atoms with Gasteiger partial charge in [0.15, 0.2) is 0 Å². The van der Waals surface area contributed by atoms with Crippen LogP contribution in [0.25, 0.3) is 0 Å². The molecule has 10 heavy (non-hydrogen) atoms. The fourth-order valence-electron chi connectivity index (χ4n) is 0.364. The first kappa shape index (κ1) is 9.43. The van der Waals surface area contributed by atoms with Crippen LogP contribution in [-0.2, 0) is 9.53 Å². The van der Waals surface area contributed by atoms with Crippen LogP contribution in [0.15, 0.2) is 25.0 Å². The molecule has 2 nitrogen and oxygen atoms in total. The Morgan fingerprint density at radius 2 is 2.40 bits per heavy atom. The molecule has 0 aromatic rings. The third-order valence-electron chi connectivity index (χ3n) is 0.729. The number of carbonyl (C=O) groups is 1. The van der Waals surface area contributed by atoms with Crippen LogP contribution in [0.1, 0.15) is 6.42 Å². The van der Waals surface area contributed by atoms with Gasteiger partial charge < -0.3 is 4.74 Å². The molecule has 0 atom stereocenters. The van der Waals surface area contributed by atoms with E-state index in [1.54, 1.807) is 6.08 Å². The fourth-order valence-corrected chi connectivity index (χ4v) is 0.628. The molecule has 0 spiro atoms. The number of carbonyl (C=O) groups excluding carboxylic acids is 1. The summed E-state index contributed by atoms with van der Waals surface area (Å²) in [4.78, 5) is 10.5. The van der Waals surface area contributed by atoms with Crippen LogP contribution in [0.4, 0.5) is 0 Å². The Morgan fingerprint density at radius 3 is 2.90 bits per heavy atom. The van der Waals surface area contributed by atoms with E-state index in [-0.39, 0.29) is 5.97 Å². The molecule has 0 aliphatic rings. The number of hydrogen-bond acceptors (Lipinski definition) is 2. The largest absolute Gasteiger partial charge is 0.432 e. The Morgan fingerprint density at radius 1 is 1.70 bits per heavy atom. The van der Waals surface area contributed by atoms with Gasteiger partial charge in [0.1, 0.15) is 0 Å². The van der Waals surface area contributed by atoms with Crippen LogP contribution >= 0.6 is 15.9 Å². The number of halogens is 1. The lowest BCUT2D eigenvalue weighted by atomic mass is 10.4. The van der Waals surface area contributed by atoms with Crippen molar-refractivity contribution in [3.05, 3.63) is 25.0 Å². The molecule has 0 heterocycles. The predicted molar refractivity (Wildman–Crippen MR) is 43.8 cm³/mol. The maximum Gasteiger partial charge on any atom is 0.335 e. The summed E-state index contributed by atoms with van der Waals surface area (Å²) in [5, 5.41) is 0.852. The van der Waals surface area contributed by atoms with Gasteiger partial charge in [0, 0.05) is 11.4 Å². The fraction of sp³-hybridized carbons (Fsp3) is 0.286. The molecule has 0 aliphatic heterocycles. The number of rotatable bonds is 4. The molecule has 0 aliphatic carbocycles. The van der Waals surface area contributed by atoms with Crippen LogP contribution in [-0.4, -0.2) is 11.3 Å². The van der Waals surface area contributed by atoms with Gasteiger partial charge in [-0.2, -0.15) is 0 Å². The van der Waals surface area contributed by atoms with E-state index in [9.17, 15) is 4.79 Å². The van der Waals surface area contributed by atoms with Crippen LogP contribution in [0, 0.1) is 0 Å². The Kier molecular flexibility index (Phi) is 6.18. The van der Waals surface area contributed by atoms with Crippen molar-refractivity contribution in [3.8, 4) is 0 Å². The minimum atomic E-state index is -0.379. The minimum absolute atomic E-state index is 0.379. The first-order valence-electron chi connectivity index (χ1n) is 2.85. The predicted octanol–water partition coefficient (Wildman–Crippen LogP) is 2.01. The van der Waals surface area contributed by atoms with Crippen molar-refractivity contribution in [1.29, 1.82) is 0 Å². The lowest BCUT2D eigenvalue weighted by molar-refractivity contribution is -0.132. The third kappa shape index (κ3) is 5.56. The van der Waals surface area contributed by atoms with Gasteiger partial charge in [0.25, 0.3) is 0 Å². The van der Waals surface area contributed by atoms with E-state index in [1.807, 2.05) is 0 Å². The van der Waals surface area contributed by atoms with Gasteiger partial charge in [0.2, 0.25) is 0 Å². The van der Waals surface area contributed by atoms with Gasteiger partial charge in [0.05, 0.1) is 6.26 Å². The zero-order chi connectivity index (χ0) is 7.82. The van der Waals surface area contributed by atoms with Gasteiger partial charge >= 0.3 is 5.97 Å². The van der Waals surface area contributed by atoms with Crippen LogP contribution in [0.3, 0.4) is 0 Å². The molecule has 56 valence electrons. The summed E-state index contributed by atoms with van der Waals surface area (Å²) in [6.07, 6.45) is 5.05. The molecule has 0 radical (unpaired) electrons. The number of esters is 1. The van der Waals surface area contributed by atoms with Gasteiger partial charge in [-0.1, -0.05) is 28.6 Å². The summed E-state index contributed by atoms with van der Waals surface area (Å²) >= 11 is 3.21. The van der Waals surface area contributed by atoms with E-state index in [2.05, 4.69) is 27.2 Å². The Hall–Kier alpha value is -0.570. The second-order valence-corrected chi connectivity index (χ2v) is 2.28. The Bertz CT molecular complexity index is 141. The van der Waals surface area contributed by atoms with E-state index >= 15 is 0 Å². The summed E-state index contributed by atoms with van der Waals surface area (Å²) in [5.74, 6) is -0.379. The van der Waals surface area contributed by atoms with E-state index in [0.29, 0.717) is 0 Å². The number of alkyl halides is 1. The minimum Gasteiger partial charge on any atom is -0.432 e. The van der Waals surface area contributed by atoms with E-state index < -0.39 is 0 Å². The number of allylic oxidation sites excluding steroid dienone is 1. The molecule has 0 aromatic carbocycles. The topological polar surface area (TPSA) is 26.3 Å². The van der Waals surface area contributed by atoms with Crippen molar-refractivity contribution in [2.45, 2.75) is 6.42 Å². The van der Waals surface area contributed by atoms with Crippen molar-refractivity contribution < 1.29 is 9.53 Å². The normalized spacial score (nSPS) is 9.70. The van der Waals surface area contributed by atoms with E-state index in [4.69, 9.17) is 0 Å². The summed E-state index contributed by atoms with van der Waals surface area (Å²) in [5.41, 5.74) is 0. The first-order valence-corrected chi connectivity index (χ1v) is 3.97. The molecular formula is C7H9BrO2. The standard InChI is InChI=1S/C7H9BrO2/c1-2-10-7(9)5-3-4-6-8/h2-3,5H,1,4,6H2. The van der Waals surface area contributed by atoms with Gasteiger partial charge in [-0.15, -0.1) is 0 Å². The van der Waals surface area contributed by atoms with Crippen molar-refractivity contribution in [1.82, 2.24) is 0 Å². The van der Waals surface area contributed by atoms with Gasteiger partial charge in [-0.3, -0.25) is 0 Å². The Labute approximate surface area is 68.7 Å². The lowest BCUT2D eigenvalue weighted by Gasteiger charge is -1.88. The molecule has 0 bridgehead atoms. The molecule has 0 aromatic heterocycles. The zero-order valence-electron chi connectivity index (χ0n) is 5.55. The average Bonchev–Trinajstić information content (AvgIpc) is 1.89. The molecule has 0 unspecified atom stereocenters. The molecule has 0 saturated carbocycles. The maximum atomic E-state index is 10.5. The van der Waals surface area contributed by atoms with Crippen LogP contribution in [0.5, 0.6) is 0 Å². The highest BCUT2D eigenvalue weighted by Crippen LogP contribution is 1.90. The summed E-state index contributed by atoms with van der Waals surface area (Å²) < 4.78 is 4.41. The summed E-state index contributed by atoms with van der Waals surface area (Å²) in [6, 6.07) is 0. The highest BCUT2D eigenvalue weighted by atomic mass is 79.9. The van der Waals surface area contributed by atoms with Gasteiger partial charge in [-0.25, -0.2) is 4.79 Å². The van der Waals surface area contributed by atoms with Crippen molar-refractivity contribution >= 4 is 21.9 Å². The summed E-state index contributed by atoms with van der Waals surface area (Å²) in [6.45, 7) is 3.24. The molecule has 3 heteroatoms. The van der Waals surface area contributed by atoms with Gasteiger partial charge in [-0.05, 0) is 6.42 Å². The third-order valence-corrected chi connectivity index (χ3v) is 1.19. The molecule has 0 rings (SSSR count). The molecule has 0 amide bonds. The molecular weight excluding hydrogens is 196 g/mol. The summed E-state index contributed by atoms with van der Waals surface area (Å²) in [7, 11) is 0. The van der Waals surface area contributed by atoms with Crippen molar-refractivity contribution in [2.24, 2.45) is 0 Å². The quantitative estimate of drug-likeness (QED) is 0.303. The molecule has 0 fully saturated rings. The number of ether oxygens (including phenoxy) is 1. The second kappa shape index (κ2) is 6.55. The first-order chi connectivity index (χ1) is 4.81.